The number of amides is 1. The van der Waals surface area contributed by atoms with Gasteiger partial charge in [0.2, 0.25) is 0 Å². The third kappa shape index (κ3) is 4.81. The highest BCUT2D eigenvalue weighted by atomic mass is 32.1. The largest absolute Gasteiger partial charge is 0.465 e. The molecule has 0 saturated carbocycles. The number of benzene rings is 1. The molecule has 1 fully saturated rings. The van der Waals surface area contributed by atoms with Crippen LogP contribution in [-0.4, -0.2) is 42.6 Å². The van der Waals surface area contributed by atoms with Crippen LogP contribution in [0.3, 0.4) is 0 Å². The molecule has 1 aliphatic heterocycles. The molecule has 2 aromatic rings. The zero-order chi connectivity index (χ0) is 22.4. The summed E-state index contributed by atoms with van der Waals surface area (Å²) in [6.07, 6.45) is 3.96. The number of methoxy groups -OCH3 is 1. The van der Waals surface area contributed by atoms with Gasteiger partial charge in [0, 0.05) is 12.0 Å². The molecule has 164 valence electrons. The van der Waals surface area contributed by atoms with Gasteiger partial charge in [0.25, 0.3) is 5.91 Å². The number of nitrogens with one attached hydrogen (secondary N) is 1. The minimum absolute atomic E-state index is 0.0782. The molecule has 3 rings (SSSR count). The first-order valence-electron chi connectivity index (χ1n) is 10.8. The van der Waals surface area contributed by atoms with E-state index in [1.807, 2.05) is 43.5 Å². The molecule has 1 N–H and O–H groups in total. The standard InChI is InChI=1S/C24H29N3O3S/c1-4-20(23(28)26-21-17(2)16-31-22(21)24(29)30-3)27(12-8-5-9-13-27)15-19-11-7-6-10-18(19)14-25/h6-7,10-11,16,20H,4-5,8-9,12-13,15H2,1-3H3/p+1. The van der Waals surface area contributed by atoms with E-state index in [2.05, 4.69) is 11.4 Å². The number of likely N-dealkylation sites (tertiary alicyclic amines) is 1. The fourth-order valence-electron chi connectivity index (χ4n) is 4.70. The Bertz CT molecular complexity index is 986. The van der Waals surface area contributed by atoms with Gasteiger partial charge in [0.05, 0.1) is 37.5 Å². The Morgan fingerprint density at radius 1 is 1.26 bits per heavy atom. The number of hydrogen-bond donors (Lipinski definition) is 1. The van der Waals surface area contributed by atoms with E-state index < -0.39 is 5.97 Å². The van der Waals surface area contributed by atoms with E-state index in [1.54, 1.807) is 0 Å². The summed E-state index contributed by atoms with van der Waals surface area (Å²) in [4.78, 5) is 26.1. The van der Waals surface area contributed by atoms with Gasteiger partial charge < -0.3 is 14.5 Å². The summed E-state index contributed by atoms with van der Waals surface area (Å²) < 4.78 is 5.52. The Balaban J connectivity index is 1.93. The molecule has 1 saturated heterocycles. The van der Waals surface area contributed by atoms with Crippen molar-refractivity contribution in [2.24, 2.45) is 0 Å². The van der Waals surface area contributed by atoms with Gasteiger partial charge in [0.1, 0.15) is 11.4 Å². The third-order valence-corrected chi connectivity index (χ3v) is 7.35. The van der Waals surface area contributed by atoms with E-state index >= 15 is 0 Å². The summed E-state index contributed by atoms with van der Waals surface area (Å²) in [5.74, 6) is -0.517. The highest BCUT2D eigenvalue weighted by Gasteiger charge is 2.42. The van der Waals surface area contributed by atoms with Crippen LogP contribution in [0.5, 0.6) is 0 Å². The van der Waals surface area contributed by atoms with Crippen LogP contribution < -0.4 is 5.32 Å². The van der Waals surface area contributed by atoms with Crippen LogP contribution in [0.25, 0.3) is 0 Å². The number of nitrogens with zero attached hydrogens (tertiary/aromatic N) is 2. The first kappa shape index (κ1) is 23.0. The number of carbonyl (C=O) groups excluding carboxylic acids is 2. The van der Waals surface area contributed by atoms with Crippen molar-refractivity contribution in [2.45, 2.75) is 52.1 Å². The zero-order valence-electron chi connectivity index (χ0n) is 18.4. The smallest absolute Gasteiger partial charge is 0.350 e. The summed E-state index contributed by atoms with van der Waals surface area (Å²) in [5.41, 5.74) is 3.06. The number of anilines is 1. The van der Waals surface area contributed by atoms with E-state index in [0.29, 0.717) is 33.6 Å². The van der Waals surface area contributed by atoms with Crippen LogP contribution in [0.1, 0.15) is 59.0 Å². The molecule has 0 aliphatic carbocycles. The van der Waals surface area contributed by atoms with Gasteiger partial charge in [-0.2, -0.15) is 5.26 Å². The molecular formula is C24H30N3O3S+. The van der Waals surface area contributed by atoms with E-state index in [0.717, 1.165) is 43.5 Å². The average Bonchev–Trinajstić information content (AvgIpc) is 3.14. The van der Waals surface area contributed by atoms with E-state index in [-0.39, 0.29) is 11.9 Å². The number of ether oxygens (including phenoxy) is 1. The molecule has 7 heteroatoms. The molecule has 31 heavy (non-hydrogen) atoms. The van der Waals surface area contributed by atoms with Gasteiger partial charge in [-0.1, -0.05) is 25.1 Å². The number of esters is 1. The number of carbonyl (C=O) groups is 2. The second-order valence-corrected chi connectivity index (χ2v) is 9.06. The molecule has 1 unspecified atom stereocenters. The summed E-state index contributed by atoms with van der Waals surface area (Å²) >= 11 is 1.28. The third-order valence-electron chi connectivity index (χ3n) is 6.27. The van der Waals surface area contributed by atoms with Crippen molar-refractivity contribution in [3.8, 4) is 6.07 Å². The lowest BCUT2D eigenvalue weighted by Gasteiger charge is -2.46. The Morgan fingerprint density at radius 2 is 1.97 bits per heavy atom. The number of aryl methyl sites for hydroxylation is 1. The quantitative estimate of drug-likeness (QED) is 0.503. The molecule has 1 aromatic carbocycles. The summed E-state index contributed by atoms with van der Waals surface area (Å²) in [7, 11) is 1.35. The van der Waals surface area contributed by atoms with Gasteiger partial charge in [-0.05, 0) is 43.2 Å². The van der Waals surface area contributed by atoms with Crippen molar-refractivity contribution >= 4 is 28.9 Å². The number of piperidine rings is 1. The molecule has 1 atom stereocenters. The Labute approximate surface area is 188 Å². The monoisotopic (exact) mass is 440 g/mol. The average molecular weight is 441 g/mol. The predicted octanol–water partition coefficient (Wildman–Crippen LogP) is 4.63. The van der Waals surface area contributed by atoms with Crippen LogP contribution in [-0.2, 0) is 16.1 Å². The van der Waals surface area contributed by atoms with Gasteiger partial charge in [-0.3, -0.25) is 4.79 Å². The minimum atomic E-state index is -0.439. The molecular weight excluding hydrogens is 410 g/mol. The van der Waals surface area contributed by atoms with Crippen LogP contribution in [0, 0.1) is 18.3 Å². The van der Waals surface area contributed by atoms with Crippen molar-refractivity contribution < 1.29 is 18.8 Å². The molecule has 0 bridgehead atoms. The second-order valence-electron chi connectivity index (χ2n) is 8.18. The van der Waals surface area contributed by atoms with Gasteiger partial charge in [-0.15, -0.1) is 11.3 Å². The normalized spacial score (nSPS) is 16.2. The summed E-state index contributed by atoms with van der Waals surface area (Å²) in [6, 6.07) is 9.70. The van der Waals surface area contributed by atoms with Crippen LogP contribution in [0.4, 0.5) is 5.69 Å². The SMILES string of the molecule is CCC(C(=O)Nc1c(C)csc1C(=O)OC)[N+]1(Cc2ccccc2C#N)CCCCC1. The van der Waals surface area contributed by atoms with Crippen molar-refractivity contribution in [3.05, 3.63) is 51.2 Å². The minimum Gasteiger partial charge on any atom is -0.465 e. The first-order chi connectivity index (χ1) is 15.0. The molecule has 1 amide bonds. The Morgan fingerprint density at radius 3 is 2.61 bits per heavy atom. The van der Waals surface area contributed by atoms with Crippen molar-refractivity contribution in [1.29, 1.82) is 5.26 Å². The molecule has 1 aliphatic rings. The van der Waals surface area contributed by atoms with Crippen LogP contribution >= 0.6 is 11.3 Å². The highest BCUT2D eigenvalue weighted by Crippen LogP contribution is 2.32. The van der Waals surface area contributed by atoms with Gasteiger partial charge in [-0.25, -0.2) is 4.79 Å². The zero-order valence-corrected chi connectivity index (χ0v) is 19.3. The van der Waals surface area contributed by atoms with Gasteiger partial charge in [0.15, 0.2) is 6.04 Å². The summed E-state index contributed by atoms with van der Waals surface area (Å²) in [6.45, 7) is 6.38. The fourth-order valence-corrected chi connectivity index (χ4v) is 5.62. The number of hydrogen-bond acceptors (Lipinski definition) is 5. The van der Waals surface area contributed by atoms with Crippen molar-refractivity contribution in [3.63, 3.8) is 0 Å². The van der Waals surface area contributed by atoms with E-state index in [9.17, 15) is 14.9 Å². The number of thiophene rings is 1. The van der Waals surface area contributed by atoms with E-state index in [1.165, 1.54) is 18.4 Å². The highest BCUT2D eigenvalue weighted by molar-refractivity contribution is 7.12. The second kappa shape index (κ2) is 10.1. The molecule has 6 nitrogen and oxygen atoms in total. The Kier molecular flexibility index (Phi) is 7.47. The van der Waals surface area contributed by atoms with Crippen molar-refractivity contribution in [1.82, 2.24) is 0 Å². The molecule has 1 aromatic heterocycles. The summed E-state index contributed by atoms with van der Waals surface area (Å²) in [5, 5.41) is 14.5. The molecule has 0 spiro atoms. The molecule has 2 heterocycles. The lowest BCUT2D eigenvalue weighted by Crippen LogP contribution is -2.61. The number of nitriles is 1. The Hall–Kier alpha value is -2.69. The maximum absolute atomic E-state index is 13.6. The first-order valence-corrected chi connectivity index (χ1v) is 11.6. The van der Waals surface area contributed by atoms with Crippen LogP contribution in [0.2, 0.25) is 0 Å². The number of quaternary nitrogens is 1. The van der Waals surface area contributed by atoms with Crippen LogP contribution in [0.15, 0.2) is 29.6 Å². The lowest BCUT2D eigenvalue weighted by atomic mass is 9.97. The fraction of sp³-hybridized carbons (Fsp3) is 0.458. The maximum atomic E-state index is 13.6. The topological polar surface area (TPSA) is 79.2 Å². The van der Waals surface area contributed by atoms with E-state index in [4.69, 9.17) is 4.74 Å². The molecule has 0 radical (unpaired) electrons. The van der Waals surface area contributed by atoms with Crippen molar-refractivity contribution in [2.75, 3.05) is 25.5 Å². The predicted molar refractivity (Wildman–Crippen MR) is 122 cm³/mol. The number of rotatable bonds is 7. The van der Waals surface area contributed by atoms with Gasteiger partial charge >= 0.3 is 5.97 Å². The lowest BCUT2D eigenvalue weighted by molar-refractivity contribution is -0.959. The maximum Gasteiger partial charge on any atom is 0.350 e.